The number of benzene rings is 1. The van der Waals surface area contributed by atoms with Crippen molar-refractivity contribution in [2.75, 3.05) is 0 Å². The van der Waals surface area contributed by atoms with E-state index in [9.17, 15) is 4.91 Å². The van der Waals surface area contributed by atoms with Gasteiger partial charge in [0.15, 0.2) is 0 Å². The Morgan fingerprint density at radius 1 is 1.19 bits per heavy atom. The first-order valence-corrected chi connectivity index (χ1v) is 9.45. The van der Waals surface area contributed by atoms with Crippen LogP contribution in [-0.4, -0.2) is 5.71 Å². The fourth-order valence-corrected chi connectivity index (χ4v) is 3.17. The summed E-state index contributed by atoms with van der Waals surface area (Å²) in [6.45, 7) is 12.4. The Balaban J connectivity index is 2.45. The van der Waals surface area contributed by atoms with Crippen molar-refractivity contribution < 1.29 is 0 Å². The Kier molecular flexibility index (Phi) is 6.84. The highest BCUT2D eigenvalue weighted by Crippen LogP contribution is 2.45. The summed E-state index contributed by atoms with van der Waals surface area (Å²) in [5, 5.41) is 3.21. The summed E-state index contributed by atoms with van der Waals surface area (Å²) in [4.78, 5) is 15.7. The number of hydrogen-bond acceptors (Lipinski definition) is 3. The maximum atomic E-state index is 11.1. The monoisotopic (exact) mass is 350 g/mol. The Morgan fingerprint density at radius 2 is 1.88 bits per heavy atom. The van der Waals surface area contributed by atoms with E-state index in [1.165, 1.54) is 22.3 Å². The summed E-state index contributed by atoms with van der Waals surface area (Å²) in [7, 11) is 0. The van der Waals surface area contributed by atoms with Gasteiger partial charge in [-0.3, -0.25) is 4.99 Å². The average molecular weight is 351 g/mol. The molecule has 0 aliphatic heterocycles. The van der Waals surface area contributed by atoms with Crippen LogP contribution in [0.25, 0.3) is 5.57 Å². The second kappa shape index (κ2) is 8.88. The Labute approximate surface area is 157 Å². The molecule has 3 heteroatoms. The molecular formula is C23H30N2O. The molecule has 0 bridgehead atoms. The molecule has 3 nitrogen and oxygen atoms in total. The van der Waals surface area contributed by atoms with Crippen LogP contribution in [0.4, 0.5) is 5.69 Å². The van der Waals surface area contributed by atoms with Gasteiger partial charge in [-0.05, 0) is 105 Å². The summed E-state index contributed by atoms with van der Waals surface area (Å²) >= 11 is 0. The molecule has 0 unspecified atom stereocenters. The van der Waals surface area contributed by atoms with Crippen LogP contribution in [0.1, 0.15) is 77.8 Å². The largest absolute Gasteiger partial charge is 0.263 e. The lowest BCUT2D eigenvalue weighted by atomic mass is 9.94. The topological polar surface area (TPSA) is 41.8 Å². The zero-order chi connectivity index (χ0) is 19.3. The molecule has 138 valence electrons. The average Bonchev–Trinajstić information content (AvgIpc) is 3.46. The summed E-state index contributed by atoms with van der Waals surface area (Å²) in [6, 6.07) is 6.05. The smallest absolute Gasteiger partial charge is 0.111 e. The second-order valence-electron chi connectivity index (χ2n) is 7.18. The molecule has 0 N–H and O–H groups in total. The van der Waals surface area contributed by atoms with Crippen LogP contribution in [0.5, 0.6) is 0 Å². The van der Waals surface area contributed by atoms with Crippen LogP contribution in [-0.2, 0) is 0 Å². The highest BCUT2D eigenvalue weighted by molar-refractivity contribution is 5.80. The fraction of sp³-hybridized carbons (Fsp3) is 0.435. The SMILES string of the molecule is C/C=C(/C=C(\CC)c1ccc(N=O)c(C2CC2)c1)C(\C)=C(\C)N=C(C)C. The van der Waals surface area contributed by atoms with Crippen LogP contribution in [0, 0.1) is 4.91 Å². The van der Waals surface area contributed by atoms with Gasteiger partial charge >= 0.3 is 0 Å². The van der Waals surface area contributed by atoms with Crippen molar-refractivity contribution in [1.29, 1.82) is 0 Å². The molecule has 26 heavy (non-hydrogen) atoms. The van der Waals surface area contributed by atoms with Crippen molar-refractivity contribution in [2.45, 2.75) is 66.7 Å². The molecule has 0 radical (unpaired) electrons. The molecule has 1 aliphatic rings. The van der Waals surface area contributed by atoms with Crippen molar-refractivity contribution >= 4 is 17.0 Å². The minimum atomic E-state index is 0.507. The fourth-order valence-electron chi connectivity index (χ4n) is 3.17. The van der Waals surface area contributed by atoms with E-state index in [-0.39, 0.29) is 0 Å². The normalized spacial score (nSPS) is 16.2. The maximum absolute atomic E-state index is 11.1. The molecule has 1 aromatic rings. The Bertz CT molecular complexity index is 801. The predicted octanol–water partition coefficient (Wildman–Crippen LogP) is 7.48. The first kappa shape index (κ1) is 20.0. The van der Waals surface area contributed by atoms with E-state index in [0.29, 0.717) is 11.6 Å². The number of aliphatic imine (C=N–C) groups is 1. The van der Waals surface area contributed by atoms with Gasteiger partial charge < -0.3 is 0 Å². The third-order valence-electron chi connectivity index (χ3n) is 4.90. The summed E-state index contributed by atoms with van der Waals surface area (Å²) in [5.74, 6) is 0.507. The molecule has 1 aromatic carbocycles. The van der Waals surface area contributed by atoms with Crippen LogP contribution in [0.2, 0.25) is 0 Å². The van der Waals surface area contributed by atoms with Crippen LogP contribution >= 0.6 is 0 Å². The first-order valence-electron chi connectivity index (χ1n) is 9.45. The van der Waals surface area contributed by atoms with Crippen LogP contribution < -0.4 is 0 Å². The zero-order valence-corrected chi connectivity index (χ0v) is 16.9. The number of nitrogens with zero attached hydrogens (tertiary/aromatic N) is 2. The minimum absolute atomic E-state index is 0.507. The quantitative estimate of drug-likeness (QED) is 0.285. The summed E-state index contributed by atoms with van der Waals surface area (Å²) in [5.41, 5.74) is 8.63. The van der Waals surface area contributed by atoms with Gasteiger partial charge in [0.1, 0.15) is 5.69 Å². The van der Waals surface area contributed by atoms with Crippen molar-refractivity contribution in [3.05, 3.63) is 63.2 Å². The number of nitroso groups, excluding NO2 is 1. The molecule has 2 rings (SSSR count). The van der Waals surface area contributed by atoms with Gasteiger partial charge in [-0.15, -0.1) is 4.91 Å². The van der Waals surface area contributed by atoms with Crippen LogP contribution in [0.3, 0.4) is 0 Å². The molecule has 0 saturated heterocycles. The van der Waals surface area contributed by atoms with E-state index in [1.54, 1.807) is 0 Å². The second-order valence-corrected chi connectivity index (χ2v) is 7.18. The van der Waals surface area contributed by atoms with E-state index in [0.717, 1.165) is 36.2 Å². The van der Waals surface area contributed by atoms with Gasteiger partial charge in [0.2, 0.25) is 0 Å². The molecule has 0 amide bonds. The van der Waals surface area contributed by atoms with E-state index in [2.05, 4.69) is 56.1 Å². The van der Waals surface area contributed by atoms with Crippen molar-refractivity contribution in [3.8, 4) is 0 Å². The van der Waals surface area contributed by atoms with Gasteiger partial charge in [-0.2, -0.15) is 0 Å². The predicted molar refractivity (Wildman–Crippen MR) is 113 cm³/mol. The maximum Gasteiger partial charge on any atom is 0.111 e. The van der Waals surface area contributed by atoms with E-state index in [1.807, 2.05) is 26.0 Å². The van der Waals surface area contributed by atoms with Crippen molar-refractivity contribution in [1.82, 2.24) is 0 Å². The Hall–Kier alpha value is -2.29. The molecular weight excluding hydrogens is 320 g/mol. The lowest BCUT2D eigenvalue weighted by Gasteiger charge is -2.12. The highest BCUT2D eigenvalue weighted by Gasteiger charge is 2.27. The third-order valence-corrected chi connectivity index (χ3v) is 4.90. The molecule has 0 aromatic heterocycles. The van der Waals surface area contributed by atoms with Gasteiger partial charge in [-0.25, -0.2) is 0 Å². The number of allylic oxidation sites excluding steroid dienone is 6. The highest BCUT2D eigenvalue weighted by atomic mass is 16.3. The lowest BCUT2D eigenvalue weighted by molar-refractivity contribution is 1.11. The lowest BCUT2D eigenvalue weighted by Crippen LogP contribution is -1.92. The molecule has 1 fully saturated rings. The van der Waals surface area contributed by atoms with Crippen LogP contribution in [0.15, 0.2) is 57.4 Å². The molecule has 0 atom stereocenters. The van der Waals surface area contributed by atoms with Gasteiger partial charge in [0.25, 0.3) is 0 Å². The molecule has 1 saturated carbocycles. The first-order chi connectivity index (χ1) is 12.4. The molecule has 0 heterocycles. The van der Waals surface area contributed by atoms with Crippen molar-refractivity contribution in [3.63, 3.8) is 0 Å². The zero-order valence-electron chi connectivity index (χ0n) is 16.9. The van der Waals surface area contributed by atoms with E-state index >= 15 is 0 Å². The molecule has 0 spiro atoms. The van der Waals surface area contributed by atoms with Gasteiger partial charge in [-0.1, -0.05) is 25.1 Å². The number of hydrogen-bond donors (Lipinski definition) is 0. The molecule has 1 aliphatic carbocycles. The van der Waals surface area contributed by atoms with E-state index in [4.69, 9.17) is 0 Å². The summed E-state index contributed by atoms with van der Waals surface area (Å²) < 4.78 is 0. The third kappa shape index (κ3) is 4.87. The number of rotatable bonds is 7. The van der Waals surface area contributed by atoms with Gasteiger partial charge in [0, 0.05) is 11.4 Å². The standard InChI is InChI=1S/C23H30N2O/c1-7-18(16(5)17(6)24-15(3)4)13-19(8-2)21-11-12-23(25-26)22(14-21)20-9-10-20/h7,11-14,20H,8-10H2,1-6H3/b17-16-,18-7-,19-13+. The van der Waals surface area contributed by atoms with Gasteiger partial charge in [0.05, 0.1) is 0 Å². The van der Waals surface area contributed by atoms with Crippen molar-refractivity contribution in [2.24, 2.45) is 10.2 Å². The van der Waals surface area contributed by atoms with E-state index < -0.39 is 0 Å². The summed E-state index contributed by atoms with van der Waals surface area (Å²) in [6.07, 6.45) is 7.63. The Morgan fingerprint density at radius 3 is 2.38 bits per heavy atom. The minimum Gasteiger partial charge on any atom is -0.263 e.